The first-order chi connectivity index (χ1) is 12.0. The number of piperidine rings is 1. The number of hydrogen-bond acceptors (Lipinski definition) is 4. The van der Waals surface area contributed by atoms with Crippen LogP contribution in [-0.2, 0) is 9.59 Å². The van der Waals surface area contributed by atoms with Gasteiger partial charge in [0.1, 0.15) is 0 Å². The lowest BCUT2D eigenvalue weighted by molar-refractivity contribution is -0.131. The predicted molar refractivity (Wildman–Crippen MR) is 112 cm³/mol. The molecule has 2 N–H and O–H groups in total. The second kappa shape index (κ2) is 11.5. The van der Waals surface area contributed by atoms with E-state index in [1.807, 2.05) is 50.1 Å². The molecule has 1 aliphatic heterocycles. The van der Waals surface area contributed by atoms with Crippen molar-refractivity contribution in [2.75, 3.05) is 37.8 Å². The van der Waals surface area contributed by atoms with Gasteiger partial charge < -0.3 is 15.5 Å². The lowest BCUT2D eigenvalue weighted by Gasteiger charge is -2.33. The van der Waals surface area contributed by atoms with Crippen LogP contribution in [0.15, 0.2) is 24.3 Å². The molecule has 1 heterocycles. The average molecular weight is 400 g/mol. The van der Waals surface area contributed by atoms with Crippen LogP contribution in [0, 0.1) is 12.8 Å². The minimum Gasteiger partial charge on any atom is -0.342 e. The van der Waals surface area contributed by atoms with Crippen molar-refractivity contribution < 1.29 is 9.59 Å². The van der Waals surface area contributed by atoms with Crippen LogP contribution >= 0.6 is 24.2 Å². The van der Waals surface area contributed by atoms with E-state index >= 15 is 0 Å². The van der Waals surface area contributed by atoms with E-state index in [2.05, 4.69) is 10.6 Å². The van der Waals surface area contributed by atoms with Gasteiger partial charge in [0.2, 0.25) is 11.8 Å². The normalized spacial score (nSPS) is 15.9. The van der Waals surface area contributed by atoms with Crippen molar-refractivity contribution in [1.82, 2.24) is 10.2 Å². The van der Waals surface area contributed by atoms with Crippen LogP contribution < -0.4 is 10.6 Å². The van der Waals surface area contributed by atoms with Gasteiger partial charge in [-0.05, 0) is 58.3 Å². The van der Waals surface area contributed by atoms with E-state index in [0.717, 1.165) is 43.7 Å². The topological polar surface area (TPSA) is 61.4 Å². The summed E-state index contributed by atoms with van der Waals surface area (Å²) in [6.07, 6.45) is 2.11. The molecule has 5 nitrogen and oxygen atoms in total. The lowest BCUT2D eigenvalue weighted by atomic mass is 9.97. The van der Waals surface area contributed by atoms with Gasteiger partial charge >= 0.3 is 0 Å². The average Bonchev–Trinajstić information content (AvgIpc) is 2.62. The molecule has 1 aromatic carbocycles. The van der Waals surface area contributed by atoms with E-state index in [4.69, 9.17) is 0 Å². The minimum absolute atomic E-state index is 0. The van der Waals surface area contributed by atoms with E-state index in [1.54, 1.807) is 0 Å². The van der Waals surface area contributed by atoms with Crippen LogP contribution in [0.25, 0.3) is 0 Å². The number of benzene rings is 1. The van der Waals surface area contributed by atoms with Gasteiger partial charge in [-0.15, -0.1) is 24.2 Å². The van der Waals surface area contributed by atoms with E-state index < -0.39 is 0 Å². The lowest BCUT2D eigenvalue weighted by Crippen LogP contribution is -2.43. The monoisotopic (exact) mass is 399 g/mol. The molecule has 7 heteroatoms. The Morgan fingerprint density at radius 3 is 2.42 bits per heavy atom. The van der Waals surface area contributed by atoms with Crippen LogP contribution in [0.2, 0.25) is 0 Å². The maximum atomic E-state index is 12.5. The van der Waals surface area contributed by atoms with Crippen LogP contribution in [0.1, 0.15) is 25.3 Å². The first-order valence-corrected chi connectivity index (χ1v) is 9.96. The number of carbonyl (C=O) groups excluding carboxylic acids is 2. The quantitative estimate of drug-likeness (QED) is 0.740. The van der Waals surface area contributed by atoms with Crippen molar-refractivity contribution >= 4 is 41.7 Å². The van der Waals surface area contributed by atoms with Crippen molar-refractivity contribution in [1.29, 1.82) is 0 Å². The van der Waals surface area contributed by atoms with Gasteiger partial charge in [0, 0.05) is 18.8 Å². The number of hydrogen-bond donors (Lipinski definition) is 2. The molecular formula is C19H30ClN3O2S. The Morgan fingerprint density at radius 1 is 1.23 bits per heavy atom. The van der Waals surface area contributed by atoms with Crippen LogP contribution in [0.3, 0.4) is 0 Å². The van der Waals surface area contributed by atoms with Crippen LogP contribution in [-0.4, -0.2) is 54.4 Å². The summed E-state index contributed by atoms with van der Waals surface area (Å²) in [6, 6.07) is 7.71. The van der Waals surface area contributed by atoms with E-state index in [0.29, 0.717) is 5.92 Å². The summed E-state index contributed by atoms with van der Waals surface area (Å²) in [7, 11) is 1.97. The van der Waals surface area contributed by atoms with Gasteiger partial charge in [-0.2, -0.15) is 0 Å². The molecule has 1 fully saturated rings. The van der Waals surface area contributed by atoms with Gasteiger partial charge in [-0.3, -0.25) is 9.59 Å². The molecule has 0 aliphatic carbocycles. The molecule has 1 aliphatic rings. The fourth-order valence-electron chi connectivity index (χ4n) is 3.01. The van der Waals surface area contributed by atoms with Crippen molar-refractivity contribution in [2.24, 2.45) is 5.92 Å². The summed E-state index contributed by atoms with van der Waals surface area (Å²) in [5.74, 6) is 1.03. The maximum Gasteiger partial charge on any atom is 0.235 e. The zero-order valence-corrected chi connectivity index (χ0v) is 17.4. The number of thioether (sulfide) groups is 1. The number of nitrogens with one attached hydrogen (secondary N) is 2. The van der Waals surface area contributed by atoms with Crippen molar-refractivity contribution in [2.45, 2.75) is 31.9 Å². The number of nitrogens with zero attached hydrogens (tertiary/aromatic N) is 1. The molecule has 0 radical (unpaired) electrons. The van der Waals surface area contributed by atoms with E-state index in [1.165, 1.54) is 11.8 Å². The number of aryl methyl sites for hydroxylation is 1. The van der Waals surface area contributed by atoms with Crippen LogP contribution in [0.4, 0.5) is 5.69 Å². The largest absolute Gasteiger partial charge is 0.342 e. The first kappa shape index (κ1) is 22.8. The fourth-order valence-corrected chi connectivity index (χ4v) is 3.77. The highest BCUT2D eigenvalue weighted by Gasteiger charge is 2.26. The molecule has 0 spiro atoms. The fraction of sp³-hybridized carbons (Fsp3) is 0.579. The number of rotatable bonds is 7. The number of likely N-dealkylation sites (tertiary alicyclic amines) is 1. The summed E-state index contributed by atoms with van der Waals surface area (Å²) in [5, 5.41) is 5.89. The highest BCUT2D eigenvalue weighted by molar-refractivity contribution is 8.01. The molecular weight excluding hydrogens is 370 g/mol. The zero-order valence-electron chi connectivity index (χ0n) is 15.8. The van der Waals surface area contributed by atoms with Crippen molar-refractivity contribution in [3.63, 3.8) is 0 Å². The molecule has 146 valence electrons. The molecule has 1 aromatic rings. The Hall–Kier alpha value is -1.24. The van der Waals surface area contributed by atoms with Gasteiger partial charge in [0.15, 0.2) is 0 Å². The standard InChI is InChI=1S/C19H29N3O2S.ClH/c1-14-4-6-17(7-5-14)21-18(23)13-25-15(2)19(24)22-10-8-16(9-11-22)12-20-3;/h4-7,15-16,20H,8-13H2,1-3H3,(H,21,23);1H. The second-order valence-corrected chi connectivity index (χ2v) is 8.02. The Kier molecular flexibility index (Phi) is 10.1. The third-order valence-electron chi connectivity index (χ3n) is 4.57. The maximum absolute atomic E-state index is 12.5. The minimum atomic E-state index is -0.190. The number of anilines is 1. The van der Waals surface area contributed by atoms with E-state index in [-0.39, 0.29) is 35.2 Å². The highest BCUT2D eigenvalue weighted by atomic mass is 35.5. The summed E-state index contributed by atoms with van der Waals surface area (Å²) in [4.78, 5) is 26.5. The van der Waals surface area contributed by atoms with Gasteiger partial charge in [-0.25, -0.2) is 0 Å². The summed E-state index contributed by atoms with van der Waals surface area (Å²) in [6.45, 7) is 6.57. The Balaban J connectivity index is 0.00000338. The molecule has 1 unspecified atom stereocenters. The van der Waals surface area contributed by atoms with Crippen molar-refractivity contribution in [3.05, 3.63) is 29.8 Å². The third kappa shape index (κ3) is 7.17. The summed E-state index contributed by atoms with van der Waals surface area (Å²) >= 11 is 1.40. The molecule has 2 rings (SSSR count). The summed E-state index contributed by atoms with van der Waals surface area (Å²) < 4.78 is 0. The Labute approximate surface area is 167 Å². The molecule has 0 saturated carbocycles. The van der Waals surface area contributed by atoms with Gasteiger partial charge in [-0.1, -0.05) is 17.7 Å². The summed E-state index contributed by atoms with van der Waals surface area (Å²) in [5.41, 5.74) is 1.95. The van der Waals surface area contributed by atoms with E-state index in [9.17, 15) is 9.59 Å². The third-order valence-corrected chi connectivity index (χ3v) is 5.70. The highest BCUT2D eigenvalue weighted by Crippen LogP contribution is 2.20. The van der Waals surface area contributed by atoms with Crippen molar-refractivity contribution in [3.8, 4) is 0 Å². The molecule has 0 aromatic heterocycles. The number of amides is 2. The number of halogens is 1. The Bertz CT molecular complexity index is 575. The number of carbonyl (C=O) groups is 2. The van der Waals surface area contributed by atoms with Crippen LogP contribution in [0.5, 0.6) is 0 Å². The molecule has 0 bridgehead atoms. The smallest absolute Gasteiger partial charge is 0.235 e. The predicted octanol–water partition coefficient (Wildman–Crippen LogP) is 2.94. The molecule has 26 heavy (non-hydrogen) atoms. The van der Waals surface area contributed by atoms with Gasteiger partial charge in [0.05, 0.1) is 11.0 Å². The SMILES string of the molecule is CNCC1CCN(C(=O)C(C)SCC(=O)Nc2ccc(C)cc2)CC1.Cl. The first-order valence-electron chi connectivity index (χ1n) is 8.91. The molecule has 2 amide bonds. The van der Waals surface area contributed by atoms with Gasteiger partial charge in [0.25, 0.3) is 0 Å². The zero-order chi connectivity index (χ0) is 18.2. The molecule has 1 atom stereocenters. The second-order valence-electron chi connectivity index (χ2n) is 6.69. The Morgan fingerprint density at radius 2 is 1.85 bits per heavy atom. The molecule has 1 saturated heterocycles.